The largest absolute Gasteiger partial charge is 0.324 e. The summed E-state index contributed by atoms with van der Waals surface area (Å²) < 4.78 is 0. The number of hydrogen-bond acceptors (Lipinski definition) is 1. The van der Waals surface area contributed by atoms with Crippen molar-refractivity contribution in [3.05, 3.63) is 57.6 Å². The fourth-order valence-corrected chi connectivity index (χ4v) is 3.06. The van der Waals surface area contributed by atoms with Crippen LogP contribution >= 0.6 is 23.2 Å². The molecule has 2 aromatic carbocycles. The highest BCUT2D eigenvalue weighted by molar-refractivity contribution is 6.36. The van der Waals surface area contributed by atoms with Crippen molar-refractivity contribution >= 4 is 23.2 Å². The second kappa shape index (κ2) is 4.58. The van der Waals surface area contributed by atoms with Crippen LogP contribution in [0.3, 0.4) is 0 Å². The summed E-state index contributed by atoms with van der Waals surface area (Å²) in [5, 5.41) is 1.34. The smallest absolute Gasteiger partial charge is 0.0499 e. The van der Waals surface area contributed by atoms with E-state index in [1.54, 1.807) is 6.07 Å². The van der Waals surface area contributed by atoms with E-state index >= 15 is 0 Å². The number of rotatable bonds is 1. The third-order valence-corrected chi connectivity index (χ3v) is 4.06. The van der Waals surface area contributed by atoms with E-state index in [2.05, 4.69) is 18.2 Å². The van der Waals surface area contributed by atoms with Gasteiger partial charge in [0.15, 0.2) is 0 Å². The first-order chi connectivity index (χ1) is 8.65. The Balaban J connectivity index is 2.08. The van der Waals surface area contributed by atoms with Gasteiger partial charge in [0.25, 0.3) is 0 Å². The first-order valence-corrected chi connectivity index (χ1v) is 6.74. The lowest BCUT2D eigenvalue weighted by atomic mass is 10.00. The molecule has 3 heteroatoms. The molecule has 1 aliphatic rings. The Morgan fingerprint density at radius 1 is 1.06 bits per heavy atom. The van der Waals surface area contributed by atoms with Crippen LogP contribution < -0.4 is 5.73 Å². The van der Waals surface area contributed by atoms with Gasteiger partial charge >= 0.3 is 0 Å². The van der Waals surface area contributed by atoms with Crippen LogP contribution in [0.25, 0.3) is 11.1 Å². The Hall–Kier alpha value is -1.02. The minimum absolute atomic E-state index is 0.190. The van der Waals surface area contributed by atoms with Crippen LogP contribution in [0.2, 0.25) is 10.0 Å². The summed E-state index contributed by atoms with van der Waals surface area (Å²) in [6, 6.07) is 12.2. The summed E-state index contributed by atoms with van der Waals surface area (Å²) in [5.41, 5.74) is 10.8. The molecule has 0 fully saturated rings. The van der Waals surface area contributed by atoms with Crippen LogP contribution in [-0.4, -0.2) is 0 Å². The molecule has 0 aromatic heterocycles. The standard InChI is InChI=1S/C15H13Cl2N/c16-11-3-5-12(14(17)8-11)9-1-4-13-10(7-9)2-6-15(13)18/h1,3-5,7-8,15H,2,6,18H2. The lowest BCUT2D eigenvalue weighted by molar-refractivity contribution is 0.713. The highest BCUT2D eigenvalue weighted by Gasteiger charge is 2.19. The Morgan fingerprint density at radius 3 is 2.67 bits per heavy atom. The minimum atomic E-state index is 0.190. The summed E-state index contributed by atoms with van der Waals surface area (Å²) >= 11 is 12.2. The van der Waals surface area contributed by atoms with Gasteiger partial charge < -0.3 is 5.73 Å². The van der Waals surface area contributed by atoms with Crippen LogP contribution in [0.4, 0.5) is 0 Å². The summed E-state index contributed by atoms with van der Waals surface area (Å²) in [6.07, 6.45) is 2.09. The van der Waals surface area contributed by atoms with Crippen molar-refractivity contribution in [1.82, 2.24) is 0 Å². The van der Waals surface area contributed by atoms with E-state index < -0.39 is 0 Å². The van der Waals surface area contributed by atoms with E-state index in [1.165, 1.54) is 11.1 Å². The lowest BCUT2D eigenvalue weighted by Crippen LogP contribution is -2.04. The summed E-state index contributed by atoms with van der Waals surface area (Å²) in [5.74, 6) is 0. The molecule has 2 N–H and O–H groups in total. The number of aryl methyl sites for hydroxylation is 1. The normalized spacial score (nSPS) is 17.8. The quantitative estimate of drug-likeness (QED) is 0.810. The Kier molecular flexibility index (Phi) is 3.06. The molecule has 18 heavy (non-hydrogen) atoms. The number of hydrogen-bond donors (Lipinski definition) is 1. The maximum Gasteiger partial charge on any atom is 0.0499 e. The molecular formula is C15H13Cl2N. The zero-order chi connectivity index (χ0) is 12.7. The van der Waals surface area contributed by atoms with Crippen LogP contribution in [-0.2, 0) is 6.42 Å². The number of fused-ring (bicyclic) bond motifs is 1. The average molecular weight is 278 g/mol. The van der Waals surface area contributed by atoms with Crippen molar-refractivity contribution in [3.63, 3.8) is 0 Å². The molecule has 0 aliphatic heterocycles. The number of nitrogens with two attached hydrogens (primary N) is 1. The molecule has 1 nitrogen and oxygen atoms in total. The fraction of sp³-hybridized carbons (Fsp3) is 0.200. The van der Waals surface area contributed by atoms with Crippen LogP contribution in [0.15, 0.2) is 36.4 Å². The first kappa shape index (κ1) is 12.0. The molecule has 0 spiro atoms. The van der Waals surface area contributed by atoms with Gasteiger partial charge in [-0.1, -0.05) is 47.5 Å². The van der Waals surface area contributed by atoms with Crippen LogP contribution in [0.1, 0.15) is 23.6 Å². The molecule has 0 saturated heterocycles. The van der Waals surface area contributed by atoms with Crippen molar-refractivity contribution in [2.75, 3.05) is 0 Å². The van der Waals surface area contributed by atoms with Crippen molar-refractivity contribution in [2.24, 2.45) is 5.73 Å². The van der Waals surface area contributed by atoms with Crippen LogP contribution in [0, 0.1) is 0 Å². The Labute approximate surface area is 117 Å². The second-order valence-corrected chi connectivity index (χ2v) is 5.53. The Morgan fingerprint density at radius 2 is 1.89 bits per heavy atom. The topological polar surface area (TPSA) is 26.0 Å². The van der Waals surface area contributed by atoms with E-state index in [1.807, 2.05) is 12.1 Å². The van der Waals surface area contributed by atoms with Gasteiger partial charge in [0, 0.05) is 21.7 Å². The minimum Gasteiger partial charge on any atom is -0.324 e. The third-order valence-electron chi connectivity index (χ3n) is 3.51. The molecule has 2 aromatic rings. The second-order valence-electron chi connectivity index (χ2n) is 4.68. The highest BCUT2D eigenvalue weighted by atomic mass is 35.5. The molecule has 3 rings (SSSR count). The van der Waals surface area contributed by atoms with Crippen molar-refractivity contribution in [1.29, 1.82) is 0 Å². The molecule has 1 unspecified atom stereocenters. The van der Waals surface area contributed by atoms with E-state index in [4.69, 9.17) is 28.9 Å². The molecule has 0 radical (unpaired) electrons. The van der Waals surface area contributed by atoms with E-state index in [9.17, 15) is 0 Å². The average Bonchev–Trinajstić information content (AvgIpc) is 2.71. The molecule has 0 bridgehead atoms. The van der Waals surface area contributed by atoms with Gasteiger partial charge in [-0.25, -0.2) is 0 Å². The van der Waals surface area contributed by atoms with Crippen molar-refractivity contribution in [3.8, 4) is 11.1 Å². The van der Waals surface area contributed by atoms with E-state index in [0.717, 1.165) is 24.0 Å². The molecule has 0 heterocycles. The SMILES string of the molecule is NC1CCc2cc(-c3ccc(Cl)cc3Cl)ccc21. The van der Waals surface area contributed by atoms with Crippen molar-refractivity contribution in [2.45, 2.75) is 18.9 Å². The molecule has 0 amide bonds. The molecule has 1 aliphatic carbocycles. The van der Waals surface area contributed by atoms with Gasteiger partial charge in [0.05, 0.1) is 0 Å². The number of halogens is 2. The first-order valence-electron chi connectivity index (χ1n) is 5.99. The summed E-state index contributed by atoms with van der Waals surface area (Å²) in [4.78, 5) is 0. The molecule has 0 saturated carbocycles. The zero-order valence-corrected chi connectivity index (χ0v) is 11.3. The predicted molar refractivity (Wildman–Crippen MR) is 77.1 cm³/mol. The molecule has 1 atom stereocenters. The molecular weight excluding hydrogens is 265 g/mol. The van der Waals surface area contributed by atoms with Crippen LogP contribution in [0.5, 0.6) is 0 Å². The summed E-state index contributed by atoms with van der Waals surface area (Å²) in [7, 11) is 0. The monoisotopic (exact) mass is 277 g/mol. The molecule has 92 valence electrons. The lowest BCUT2D eigenvalue weighted by Gasteiger charge is -2.09. The van der Waals surface area contributed by atoms with Gasteiger partial charge in [-0.15, -0.1) is 0 Å². The van der Waals surface area contributed by atoms with Gasteiger partial charge in [-0.2, -0.15) is 0 Å². The fourth-order valence-electron chi connectivity index (χ4n) is 2.54. The van der Waals surface area contributed by atoms with Crippen molar-refractivity contribution < 1.29 is 0 Å². The van der Waals surface area contributed by atoms with Gasteiger partial charge in [-0.05, 0) is 41.7 Å². The summed E-state index contributed by atoms with van der Waals surface area (Å²) in [6.45, 7) is 0. The van der Waals surface area contributed by atoms with Gasteiger partial charge in [0.1, 0.15) is 0 Å². The predicted octanol–water partition coefficient (Wildman–Crippen LogP) is 4.61. The maximum absolute atomic E-state index is 6.23. The zero-order valence-electron chi connectivity index (χ0n) is 9.79. The Bertz CT molecular complexity index is 607. The maximum atomic E-state index is 6.23. The number of benzene rings is 2. The van der Waals surface area contributed by atoms with E-state index in [0.29, 0.717) is 10.0 Å². The van der Waals surface area contributed by atoms with Gasteiger partial charge in [0.2, 0.25) is 0 Å². The van der Waals surface area contributed by atoms with E-state index in [-0.39, 0.29) is 6.04 Å². The van der Waals surface area contributed by atoms with Gasteiger partial charge in [-0.3, -0.25) is 0 Å². The highest BCUT2D eigenvalue weighted by Crippen LogP contribution is 2.35. The third kappa shape index (κ3) is 2.03.